The Morgan fingerprint density at radius 2 is 1.32 bits per heavy atom. The number of aryl methyl sites for hydroxylation is 1. The molecule has 1 heteroatoms. The number of rotatable bonds is 4. The number of anilines is 3. The molecule has 0 N–H and O–H groups in total. The summed E-state index contributed by atoms with van der Waals surface area (Å²) in [6, 6.07) is 27.2. The second-order valence-corrected chi connectivity index (χ2v) is 5.22. The van der Waals surface area contributed by atoms with Gasteiger partial charge in [0.1, 0.15) is 0 Å². The average molecular weight is 285 g/mol. The van der Waals surface area contributed by atoms with Crippen LogP contribution in [0.4, 0.5) is 17.1 Å². The minimum atomic E-state index is 1.12. The Bertz CT molecular complexity index is 775. The summed E-state index contributed by atoms with van der Waals surface area (Å²) in [6.07, 6.45) is 1.91. The summed E-state index contributed by atoms with van der Waals surface area (Å²) in [5.74, 6) is 0. The van der Waals surface area contributed by atoms with Crippen molar-refractivity contribution >= 4 is 23.1 Å². The number of para-hydroxylation sites is 3. The van der Waals surface area contributed by atoms with E-state index in [4.69, 9.17) is 0 Å². The van der Waals surface area contributed by atoms with E-state index in [2.05, 4.69) is 85.1 Å². The maximum Gasteiger partial charge on any atom is 0.0533 e. The first-order valence-electron chi connectivity index (χ1n) is 7.43. The van der Waals surface area contributed by atoms with E-state index in [0.29, 0.717) is 0 Å². The summed E-state index contributed by atoms with van der Waals surface area (Å²) in [6.45, 7) is 6.10. The highest BCUT2D eigenvalue weighted by atomic mass is 15.1. The van der Waals surface area contributed by atoms with Crippen LogP contribution in [0.2, 0.25) is 0 Å². The Hall–Kier alpha value is -2.80. The van der Waals surface area contributed by atoms with Gasteiger partial charge in [-0.05, 0) is 42.3 Å². The average Bonchev–Trinajstić information content (AvgIpc) is 2.58. The summed E-state index contributed by atoms with van der Waals surface area (Å²) in [4.78, 5) is 2.28. The van der Waals surface area contributed by atoms with Gasteiger partial charge in [0, 0.05) is 11.4 Å². The molecule has 0 heterocycles. The molecule has 0 unspecified atom stereocenters. The Balaban J connectivity index is 2.24. The van der Waals surface area contributed by atoms with Crippen LogP contribution in [-0.4, -0.2) is 0 Å². The predicted octanol–water partition coefficient (Wildman–Crippen LogP) is 6.11. The topological polar surface area (TPSA) is 3.24 Å². The third-order valence-corrected chi connectivity index (χ3v) is 3.77. The summed E-state index contributed by atoms with van der Waals surface area (Å²) < 4.78 is 0. The van der Waals surface area contributed by atoms with Crippen molar-refractivity contribution in [2.24, 2.45) is 0 Å². The number of nitrogens with zero attached hydrogens (tertiary/aromatic N) is 1. The van der Waals surface area contributed by atoms with Crippen molar-refractivity contribution in [3.05, 3.63) is 96.6 Å². The maximum absolute atomic E-state index is 3.96. The van der Waals surface area contributed by atoms with Gasteiger partial charge in [-0.2, -0.15) is 0 Å². The van der Waals surface area contributed by atoms with Gasteiger partial charge in [-0.3, -0.25) is 0 Å². The molecule has 1 nitrogen and oxygen atoms in total. The molecule has 0 radical (unpaired) electrons. The van der Waals surface area contributed by atoms with Crippen LogP contribution in [0.25, 0.3) is 6.08 Å². The van der Waals surface area contributed by atoms with E-state index in [-0.39, 0.29) is 0 Å². The molecular formula is C21H19N. The third kappa shape index (κ3) is 2.66. The zero-order valence-electron chi connectivity index (χ0n) is 12.7. The lowest BCUT2D eigenvalue weighted by atomic mass is 10.1. The predicted molar refractivity (Wildman–Crippen MR) is 96.0 cm³/mol. The van der Waals surface area contributed by atoms with Crippen molar-refractivity contribution in [3.63, 3.8) is 0 Å². The van der Waals surface area contributed by atoms with Crippen LogP contribution >= 0.6 is 0 Å². The lowest BCUT2D eigenvalue weighted by molar-refractivity contribution is 1.25. The van der Waals surface area contributed by atoms with E-state index in [9.17, 15) is 0 Å². The molecule has 22 heavy (non-hydrogen) atoms. The number of benzene rings is 3. The minimum Gasteiger partial charge on any atom is -0.310 e. The minimum absolute atomic E-state index is 1.12. The largest absolute Gasteiger partial charge is 0.310 e. The molecule has 0 aliphatic heterocycles. The van der Waals surface area contributed by atoms with Gasteiger partial charge in [-0.25, -0.2) is 0 Å². The smallest absolute Gasteiger partial charge is 0.0533 e. The maximum atomic E-state index is 3.96. The first kappa shape index (κ1) is 14.2. The summed E-state index contributed by atoms with van der Waals surface area (Å²) in [7, 11) is 0. The van der Waals surface area contributed by atoms with Crippen LogP contribution in [0.1, 0.15) is 11.1 Å². The van der Waals surface area contributed by atoms with Crippen LogP contribution in [0.5, 0.6) is 0 Å². The van der Waals surface area contributed by atoms with Crippen LogP contribution < -0.4 is 4.90 Å². The Labute approximate surface area is 132 Å². The fourth-order valence-corrected chi connectivity index (χ4v) is 2.66. The Kier molecular flexibility index (Phi) is 4.06. The van der Waals surface area contributed by atoms with E-state index < -0.39 is 0 Å². The zero-order valence-corrected chi connectivity index (χ0v) is 12.7. The highest BCUT2D eigenvalue weighted by molar-refractivity contribution is 5.83. The standard InChI is InChI=1S/C21H19N/c1-3-18-12-8-10-16-21(18)22(19-13-5-4-6-14-19)20-15-9-7-11-17(20)2/h3-16H,1H2,2H3. The molecular weight excluding hydrogens is 266 g/mol. The molecule has 0 spiro atoms. The van der Waals surface area contributed by atoms with Crippen LogP contribution in [0.15, 0.2) is 85.4 Å². The fourth-order valence-electron chi connectivity index (χ4n) is 2.66. The van der Waals surface area contributed by atoms with Gasteiger partial charge in [0.15, 0.2) is 0 Å². The molecule has 108 valence electrons. The zero-order chi connectivity index (χ0) is 15.4. The van der Waals surface area contributed by atoms with Crippen molar-refractivity contribution in [2.75, 3.05) is 4.90 Å². The number of hydrogen-bond acceptors (Lipinski definition) is 1. The molecule has 0 bridgehead atoms. The third-order valence-electron chi connectivity index (χ3n) is 3.77. The van der Waals surface area contributed by atoms with Crippen molar-refractivity contribution in [3.8, 4) is 0 Å². The summed E-state index contributed by atoms with van der Waals surface area (Å²) in [5, 5.41) is 0. The summed E-state index contributed by atoms with van der Waals surface area (Å²) in [5.41, 5.74) is 5.83. The first-order chi connectivity index (χ1) is 10.8. The van der Waals surface area contributed by atoms with E-state index in [1.807, 2.05) is 18.2 Å². The molecule has 0 saturated heterocycles. The lowest BCUT2D eigenvalue weighted by Crippen LogP contribution is -2.12. The molecule has 0 aliphatic carbocycles. The van der Waals surface area contributed by atoms with Crippen molar-refractivity contribution in [2.45, 2.75) is 6.92 Å². The molecule has 0 saturated carbocycles. The van der Waals surface area contributed by atoms with Gasteiger partial charge in [0.25, 0.3) is 0 Å². The first-order valence-corrected chi connectivity index (χ1v) is 7.43. The van der Waals surface area contributed by atoms with Gasteiger partial charge < -0.3 is 4.90 Å². The number of hydrogen-bond donors (Lipinski definition) is 0. The SMILES string of the molecule is C=Cc1ccccc1N(c1ccccc1)c1ccccc1C. The molecule has 0 aliphatic rings. The van der Waals surface area contributed by atoms with E-state index in [1.54, 1.807) is 0 Å². The molecule has 0 atom stereocenters. The molecule has 3 rings (SSSR count). The normalized spacial score (nSPS) is 10.2. The summed E-state index contributed by atoms with van der Waals surface area (Å²) >= 11 is 0. The second-order valence-electron chi connectivity index (χ2n) is 5.22. The van der Waals surface area contributed by atoms with E-state index >= 15 is 0 Å². The molecule has 0 aromatic heterocycles. The monoisotopic (exact) mass is 285 g/mol. The van der Waals surface area contributed by atoms with Crippen molar-refractivity contribution in [1.29, 1.82) is 0 Å². The Morgan fingerprint density at radius 1 is 0.727 bits per heavy atom. The molecule has 3 aromatic carbocycles. The Morgan fingerprint density at radius 3 is 2.00 bits per heavy atom. The lowest BCUT2D eigenvalue weighted by Gasteiger charge is -2.28. The fraction of sp³-hybridized carbons (Fsp3) is 0.0476. The molecule has 3 aromatic rings. The van der Waals surface area contributed by atoms with Crippen molar-refractivity contribution < 1.29 is 0 Å². The van der Waals surface area contributed by atoms with Gasteiger partial charge in [0.2, 0.25) is 0 Å². The van der Waals surface area contributed by atoms with Gasteiger partial charge in [-0.1, -0.05) is 67.3 Å². The van der Waals surface area contributed by atoms with E-state index in [0.717, 1.165) is 16.9 Å². The molecule has 0 fully saturated rings. The highest BCUT2D eigenvalue weighted by Gasteiger charge is 2.15. The van der Waals surface area contributed by atoms with Crippen molar-refractivity contribution in [1.82, 2.24) is 0 Å². The molecule has 0 amide bonds. The van der Waals surface area contributed by atoms with Gasteiger partial charge in [0.05, 0.1) is 5.69 Å². The van der Waals surface area contributed by atoms with Gasteiger partial charge in [-0.15, -0.1) is 0 Å². The highest BCUT2D eigenvalue weighted by Crippen LogP contribution is 2.38. The van der Waals surface area contributed by atoms with Crippen LogP contribution in [0.3, 0.4) is 0 Å². The quantitative estimate of drug-likeness (QED) is 0.559. The van der Waals surface area contributed by atoms with Gasteiger partial charge >= 0.3 is 0 Å². The van der Waals surface area contributed by atoms with Crippen LogP contribution in [-0.2, 0) is 0 Å². The van der Waals surface area contributed by atoms with Crippen LogP contribution in [0, 0.1) is 6.92 Å². The van der Waals surface area contributed by atoms with E-state index in [1.165, 1.54) is 11.3 Å². The second kappa shape index (κ2) is 6.31.